The van der Waals surface area contributed by atoms with Crippen LogP contribution in [0.1, 0.15) is 0 Å². The van der Waals surface area contributed by atoms with Crippen molar-refractivity contribution in [2.24, 2.45) is 0 Å². The van der Waals surface area contributed by atoms with E-state index in [4.69, 9.17) is 4.42 Å². The highest BCUT2D eigenvalue weighted by atomic mass is 79.9. The highest BCUT2D eigenvalue weighted by molar-refractivity contribution is 9.10. The van der Waals surface area contributed by atoms with Crippen LogP contribution < -0.4 is 5.56 Å². The molecule has 0 atom stereocenters. The quantitative estimate of drug-likeness (QED) is 0.751. The van der Waals surface area contributed by atoms with E-state index in [-0.39, 0.29) is 10.0 Å². The average Bonchev–Trinajstić information content (AvgIpc) is 2.85. The average molecular weight is 309 g/mol. The van der Waals surface area contributed by atoms with E-state index in [1.165, 1.54) is 24.7 Å². The number of halogens is 2. The van der Waals surface area contributed by atoms with E-state index in [0.717, 1.165) is 0 Å². The van der Waals surface area contributed by atoms with Crippen molar-refractivity contribution in [3.63, 3.8) is 0 Å². The summed E-state index contributed by atoms with van der Waals surface area (Å²) in [6.07, 6.45) is 2.93. The molecule has 0 bridgehead atoms. The summed E-state index contributed by atoms with van der Waals surface area (Å²) in [5.74, 6) is -0.110. The molecule has 0 fully saturated rings. The summed E-state index contributed by atoms with van der Waals surface area (Å²) in [5, 5.41) is 0.329. The summed E-state index contributed by atoms with van der Waals surface area (Å²) in [6.45, 7) is 0. The molecule has 1 aromatic carbocycles. The summed E-state index contributed by atoms with van der Waals surface area (Å²) in [4.78, 5) is 18.7. The number of fused-ring (bicyclic) bond motifs is 1. The Kier molecular flexibility index (Phi) is 2.52. The molecule has 0 amide bonds. The van der Waals surface area contributed by atoms with Crippen LogP contribution in [0.4, 0.5) is 4.39 Å². The minimum absolute atomic E-state index is 0.235. The lowest BCUT2D eigenvalue weighted by Crippen LogP contribution is -2.09. The van der Waals surface area contributed by atoms with Crippen LogP contribution in [0.2, 0.25) is 0 Å². The van der Waals surface area contributed by atoms with Crippen LogP contribution in [0.15, 0.2) is 44.4 Å². The molecule has 0 saturated heterocycles. The van der Waals surface area contributed by atoms with Crippen molar-refractivity contribution in [1.29, 1.82) is 0 Å². The number of nitrogens with one attached hydrogen (secondary N) is 1. The smallest absolute Gasteiger partial charge is 0.259 e. The summed E-state index contributed by atoms with van der Waals surface area (Å²) >= 11 is 3.04. The van der Waals surface area contributed by atoms with Gasteiger partial charge in [0.05, 0.1) is 27.2 Å². The molecule has 0 aliphatic carbocycles. The number of furan rings is 1. The third-order valence-electron chi connectivity index (χ3n) is 2.54. The van der Waals surface area contributed by atoms with Gasteiger partial charge in [-0.2, -0.15) is 0 Å². The van der Waals surface area contributed by atoms with E-state index < -0.39 is 5.82 Å². The van der Waals surface area contributed by atoms with Crippen LogP contribution in [0.25, 0.3) is 22.3 Å². The molecule has 90 valence electrons. The Labute approximate surface area is 109 Å². The van der Waals surface area contributed by atoms with E-state index >= 15 is 0 Å². The second-order valence-corrected chi connectivity index (χ2v) is 4.56. The van der Waals surface area contributed by atoms with Gasteiger partial charge in [0.25, 0.3) is 5.56 Å². The van der Waals surface area contributed by atoms with Gasteiger partial charge in [0, 0.05) is 6.07 Å². The highest BCUT2D eigenvalue weighted by Gasteiger charge is 2.10. The van der Waals surface area contributed by atoms with Crippen molar-refractivity contribution in [1.82, 2.24) is 9.97 Å². The Morgan fingerprint density at radius 3 is 2.94 bits per heavy atom. The van der Waals surface area contributed by atoms with Gasteiger partial charge in [-0.25, -0.2) is 9.37 Å². The van der Waals surface area contributed by atoms with Crippen LogP contribution in [-0.2, 0) is 0 Å². The Balaban J connectivity index is 2.34. The number of H-pyrrole nitrogens is 1. The Morgan fingerprint density at radius 2 is 2.22 bits per heavy atom. The topological polar surface area (TPSA) is 58.9 Å². The van der Waals surface area contributed by atoms with Crippen molar-refractivity contribution < 1.29 is 8.81 Å². The van der Waals surface area contributed by atoms with Gasteiger partial charge in [-0.1, -0.05) is 0 Å². The predicted molar refractivity (Wildman–Crippen MR) is 67.7 cm³/mol. The third-order valence-corrected chi connectivity index (χ3v) is 3.15. The normalized spacial score (nSPS) is 11.0. The molecule has 6 heteroatoms. The van der Waals surface area contributed by atoms with Crippen LogP contribution in [0.3, 0.4) is 0 Å². The maximum Gasteiger partial charge on any atom is 0.259 e. The molecule has 0 aliphatic heterocycles. The minimum atomic E-state index is -0.459. The fourth-order valence-electron chi connectivity index (χ4n) is 1.67. The zero-order chi connectivity index (χ0) is 12.7. The van der Waals surface area contributed by atoms with Crippen molar-refractivity contribution in [3.8, 4) is 11.4 Å². The third kappa shape index (κ3) is 1.74. The van der Waals surface area contributed by atoms with Crippen molar-refractivity contribution in [3.05, 3.63) is 51.4 Å². The van der Waals surface area contributed by atoms with E-state index in [1.807, 2.05) is 0 Å². The van der Waals surface area contributed by atoms with Gasteiger partial charge in [0.2, 0.25) is 0 Å². The van der Waals surface area contributed by atoms with Crippen molar-refractivity contribution in [2.75, 3.05) is 0 Å². The molecule has 2 aromatic heterocycles. The lowest BCUT2D eigenvalue weighted by atomic mass is 10.2. The van der Waals surface area contributed by atoms with Gasteiger partial charge in [-0.15, -0.1) is 0 Å². The first-order chi connectivity index (χ1) is 8.65. The van der Waals surface area contributed by atoms with Crippen LogP contribution in [-0.4, -0.2) is 9.97 Å². The van der Waals surface area contributed by atoms with Gasteiger partial charge in [-0.3, -0.25) is 4.79 Å². The van der Waals surface area contributed by atoms with Crippen molar-refractivity contribution >= 4 is 26.8 Å². The number of benzene rings is 1. The largest absolute Gasteiger partial charge is 0.472 e. The van der Waals surface area contributed by atoms with E-state index in [0.29, 0.717) is 22.3 Å². The first kappa shape index (κ1) is 11.2. The highest BCUT2D eigenvalue weighted by Crippen LogP contribution is 2.22. The minimum Gasteiger partial charge on any atom is -0.472 e. The molecule has 0 unspecified atom stereocenters. The number of hydrogen-bond acceptors (Lipinski definition) is 3. The molecule has 3 rings (SSSR count). The molecule has 0 spiro atoms. The monoisotopic (exact) mass is 308 g/mol. The SMILES string of the molecule is O=c1[nH]c(-c2ccoc2)nc2cc(F)c(Br)cc12. The van der Waals surface area contributed by atoms with Gasteiger partial charge in [0.15, 0.2) is 0 Å². The second-order valence-electron chi connectivity index (χ2n) is 3.71. The molecule has 0 aliphatic rings. The van der Waals surface area contributed by atoms with E-state index in [1.54, 1.807) is 6.07 Å². The fraction of sp³-hybridized carbons (Fsp3) is 0. The maximum absolute atomic E-state index is 13.4. The molecule has 0 radical (unpaired) electrons. The van der Waals surface area contributed by atoms with E-state index in [2.05, 4.69) is 25.9 Å². The lowest BCUT2D eigenvalue weighted by molar-refractivity contribution is 0.568. The first-order valence-electron chi connectivity index (χ1n) is 5.07. The Bertz CT molecular complexity index is 781. The van der Waals surface area contributed by atoms with Crippen LogP contribution in [0.5, 0.6) is 0 Å². The van der Waals surface area contributed by atoms with E-state index in [9.17, 15) is 9.18 Å². The molecular formula is C12H6BrFN2O2. The van der Waals surface area contributed by atoms with Gasteiger partial charge in [0.1, 0.15) is 17.9 Å². The summed E-state index contributed by atoms with van der Waals surface area (Å²) < 4.78 is 18.6. The number of rotatable bonds is 1. The Morgan fingerprint density at radius 1 is 1.39 bits per heavy atom. The molecule has 18 heavy (non-hydrogen) atoms. The molecule has 0 saturated carbocycles. The lowest BCUT2D eigenvalue weighted by Gasteiger charge is -2.02. The molecule has 3 aromatic rings. The Hall–Kier alpha value is -1.95. The fourth-order valence-corrected chi connectivity index (χ4v) is 2.01. The number of nitrogens with zero attached hydrogens (tertiary/aromatic N) is 1. The standard InChI is InChI=1S/C12H6BrFN2O2/c13-8-3-7-10(4-9(8)14)15-11(16-12(7)17)6-1-2-18-5-6/h1-5H,(H,15,16,17). The number of hydrogen-bond donors (Lipinski definition) is 1. The molecule has 2 heterocycles. The molecule has 1 N–H and O–H groups in total. The van der Waals surface area contributed by atoms with Crippen molar-refractivity contribution in [2.45, 2.75) is 0 Å². The number of aromatic amines is 1. The van der Waals surface area contributed by atoms with Gasteiger partial charge >= 0.3 is 0 Å². The van der Waals surface area contributed by atoms with Gasteiger partial charge < -0.3 is 9.40 Å². The van der Waals surface area contributed by atoms with Crippen LogP contribution >= 0.6 is 15.9 Å². The summed E-state index contributed by atoms with van der Waals surface area (Å²) in [7, 11) is 0. The van der Waals surface area contributed by atoms with Gasteiger partial charge in [-0.05, 0) is 28.1 Å². The second kappa shape index (κ2) is 4.06. The number of aromatic nitrogens is 2. The maximum atomic E-state index is 13.4. The first-order valence-corrected chi connectivity index (χ1v) is 5.86. The molecular weight excluding hydrogens is 303 g/mol. The summed E-state index contributed by atoms with van der Waals surface area (Å²) in [6, 6.07) is 4.30. The zero-order valence-electron chi connectivity index (χ0n) is 8.91. The molecule has 4 nitrogen and oxygen atoms in total. The van der Waals surface area contributed by atoms with Crippen LogP contribution in [0, 0.1) is 5.82 Å². The zero-order valence-corrected chi connectivity index (χ0v) is 10.5. The predicted octanol–water partition coefficient (Wildman–Crippen LogP) is 3.08. The summed E-state index contributed by atoms with van der Waals surface area (Å²) in [5.41, 5.74) is 0.616.